The van der Waals surface area contributed by atoms with E-state index in [2.05, 4.69) is 20.8 Å². The van der Waals surface area contributed by atoms with E-state index < -0.39 is 0 Å². The second-order valence-corrected chi connectivity index (χ2v) is 5.49. The van der Waals surface area contributed by atoms with E-state index in [0.29, 0.717) is 28.3 Å². The van der Waals surface area contributed by atoms with Gasteiger partial charge in [0.2, 0.25) is 11.0 Å². The number of aromatic nitrogens is 2. The van der Waals surface area contributed by atoms with Crippen LogP contribution >= 0.6 is 22.9 Å². The predicted molar refractivity (Wildman–Crippen MR) is 83.7 cm³/mol. The number of ether oxygens (including phenoxy) is 1. The van der Waals surface area contributed by atoms with Crippen LogP contribution in [0.4, 0.5) is 5.13 Å². The Morgan fingerprint density at radius 3 is 2.95 bits per heavy atom. The molecule has 1 heterocycles. The first-order chi connectivity index (χ1) is 10.2. The maximum Gasteiger partial charge on any atom is 0.240 e. The summed E-state index contributed by atoms with van der Waals surface area (Å²) in [6.07, 6.45) is 0. The summed E-state index contributed by atoms with van der Waals surface area (Å²) < 4.78 is 4.88. The second-order valence-electron chi connectivity index (χ2n) is 4.11. The lowest BCUT2D eigenvalue weighted by atomic mass is 10.2. The van der Waals surface area contributed by atoms with Gasteiger partial charge in [0.1, 0.15) is 0 Å². The lowest BCUT2D eigenvalue weighted by Crippen LogP contribution is -2.30. The quantitative estimate of drug-likeness (QED) is 0.761. The summed E-state index contributed by atoms with van der Waals surface area (Å²) in [7, 11) is 1.61. The summed E-state index contributed by atoms with van der Waals surface area (Å²) in [5.74, 6) is -0.173. The number of nitrogens with one attached hydrogen (secondary N) is 2. The summed E-state index contributed by atoms with van der Waals surface area (Å²) in [5.41, 5.74) is 0.801. The van der Waals surface area contributed by atoms with Gasteiger partial charge in [-0.05, 0) is 6.07 Å². The molecule has 21 heavy (non-hydrogen) atoms. The number of hydrogen-bond acceptors (Lipinski definition) is 6. The number of hydrogen-bond donors (Lipinski definition) is 2. The van der Waals surface area contributed by atoms with Gasteiger partial charge in [-0.15, -0.1) is 10.2 Å². The average molecular weight is 327 g/mol. The largest absolute Gasteiger partial charge is 0.383 e. The van der Waals surface area contributed by atoms with E-state index in [4.69, 9.17) is 16.3 Å². The number of carbonyl (C=O) groups is 1. The van der Waals surface area contributed by atoms with Crippen LogP contribution in [0.5, 0.6) is 0 Å². The molecule has 1 aromatic heterocycles. The van der Waals surface area contributed by atoms with Crippen LogP contribution in [-0.2, 0) is 9.53 Å². The highest BCUT2D eigenvalue weighted by Crippen LogP contribution is 2.31. The summed E-state index contributed by atoms with van der Waals surface area (Å²) >= 11 is 7.38. The minimum absolute atomic E-state index is 0.173. The molecule has 1 aromatic carbocycles. The van der Waals surface area contributed by atoms with Crippen molar-refractivity contribution in [2.75, 3.05) is 32.1 Å². The lowest BCUT2D eigenvalue weighted by molar-refractivity contribution is -0.115. The molecule has 0 aliphatic carbocycles. The maximum absolute atomic E-state index is 11.7. The molecule has 2 rings (SSSR count). The number of benzene rings is 1. The fraction of sp³-hybridized carbons (Fsp3) is 0.308. The van der Waals surface area contributed by atoms with Crippen LogP contribution in [0.3, 0.4) is 0 Å². The van der Waals surface area contributed by atoms with Crippen LogP contribution in [0.15, 0.2) is 24.3 Å². The third-order valence-electron chi connectivity index (χ3n) is 2.54. The van der Waals surface area contributed by atoms with Crippen molar-refractivity contribution < 1.29 is 9.53 Å². The molecule has 2 N–H and O–H groups in total. The number of rotatable bonds is 7. The topological polar surface area (TPSA) is 76.1 Å². The van der Waals surface area contributed by atoms with Crippen LogP contribution in [-0.4, -0.2) is 42.9 Å². The molecule has 0 atom stereocenters. The van der Waals surface area contributed by atoms with Crippen LogP contribution in [0, 0.1) is 0 Å². The van der Waals surface area contributed by atoms with Crippen molar-refractivity contribution in [3.05, 3.63) is 29.3 Å². The lowest BCUT2D eigenvalue weighted by Gasteiger charge is -2.03. The summed E-state index contributed by atoms with van der Waals surface area (Å²) in [6.45, 7) is 1.37. The summed E-state index contributed by atoms with van der Waals surface area (Å²) in [4.78, 5) is 11.7. The highest BCUT2D eigenvalue weighted by atomic mass is 35.5. The fourth-order valence-corrected chi connectivity index (χ4v) is 2.64. The summed E-state index contributed by atoms with van der Waals surface area (Å²) in [5, 5.41) is 15.3. The molecule has 2 aromatic rings. The minimum Gasteiger partial charge on any atom is -0.383 e. The zero-order valence-electron chi connectivity index (χ0n) is 11.4. The van der Waals surface area contributed by atoms with E-state index in [1.165, 1.54) is 11.3 Å². The molecule has 0 aliphatic heterocycles. The number of anilines is 1. The molecule has 0 aliphatic rings. The molecule has 1 amide bonds. The van der Waals surface area contributed by atoms with Crippen molar-refractivity contribution >= 4 is 34.0 Å². The van der Waals surface area contributed by atoms with Crippen molar-refractivity contribution in [1.29, 1.82) is 0 Å². The van der Waals surface area contributed by atoms with Crippen molar-refractivity contribution in [2.24, 2.45) is 0 Å². The van der Waals surface area contributed by atoms with Crippen LogP contribution in [0.25, 0.3) is 10.6 Å². The molecule has 8 heteroatoms. The maximum atomic E-state index is 11.7. The van der Waals surface area contributed by atoms with Crippen LogP contribution in [0.1, 0.15) is 0 Å². The van der Waals surface area contributed by atoms with Gasteiger partial charge in [-0.25, -0.2) is 0 Å². The molecule has 0 bridgehead atoms. The van der Waals surface area contributed by atoms with Crippen molar-refractivity contribution in [2.45, 2.75) is 0 Å². The van der Waals surface area contributed by atoms with E-state index in [1.54, 1.807) is 13.2 Å². The first-order valence-electron chi connectivity index (χ1n) is 6.28. The fourth-order valence-electron chi connectivity index (χ4n) is 1.56. The van der Waals surface area contributed by atoms with Gasteiger partial charge in [0.05, 0.1) is 18.2 Å². The average Bonchev–Trinajstić information content (AvgIpc) is 2.92. The smallest absolute Gasteiger partial charge is 0.240 e. The summed E-state index contributed by atoms with van der Waals surface area (Å²) in [6, 6.07) is 7.37. The van der Waals surface area contributed by atoms with Crippen molar-refractivity contribution in [3.8, 4) is 10.6 Å². The van der Waals surface area contributed by atoms with Gasteiger partial charge in [0, 0.05) is 19.2 Å². The SMILES string of the molecule is COCCNCC(=O)Nc1nnc(-c2ccccc2Cl)s1. The number of nitrogens with zero attached hydrogens (tertiary/aromatic N) is 2. The van der Waals surface area contributed by atoms with E-state index in [0.717, 1.165) is 5.56 Å². The molecule has 0 saturated heterocycles. The number of carbonyl (C=O) groups excluding carboxylic acids is 1. The molecule has 0 unspecified atom stereocenters. The van der Waals surface area contributed by atoms with E-state index >= 15 is 0 Å². The van der Waals surface area contributed by atoms with Gasteiger partial charge in [-0.2, -0.15) is 0 Å². The predicted octanol–water partition coefficient (Wildman–Crippen LogP) is 2.03. The van der Waals surface area contributed by atoms with Crippen LogP contribution in [0.2, 0.25) is 5.02 Å². The molecule has 0 spiro atoms. The Kier molecular flexibility index (Phi) is 6.06. The Balaban J connectivity index is 1.91. The molecule has 6 nitrogen and oxygen atoms in total. The van der Waals surface area contributed by atoms with Gasteiger partial charge in [-0.3, -0.25) is 10.1 Å². The second kappa shape index (κ2) is 8.04. The third kappa shape index (κ3) is 4.75. The van der Waals surface area contributed by atoms with Gasteiger partial charge >= 0.3 is 0 Å². The van der Waals surface area contributed by atoms with E-state index in [9.17, 15) is 4.79 Å². The van der Waals surface area contributed by atoms with Crippen LogP contribution < -0.4 is 10.6 Å². The Morgan fingerprint density at radius 1 is 1.38 bits per heavy atom. The molecule has 0 saturated carbocycles. The zero-order chi connectivity index (χ0) is 15.1. The van der Waals surface area contributed by atoms with Gasteiger partial charge < -0.3 is 10.1 Å². The standard InChI is InChI=1S/C13H15ClN4O2S/c1-20-7-6-15-8-11(19)16-13-18-17-12(21-13)9-4-2-3-5-10(9)14/h2-5,15H,6-8H2,1H3,(H,16,18,19). The highest BCUT2D eigenvalue weighted by Gasteiger charge is 2.11. The Bertz CT molecular complexity index is 605. The Hall–Kier alpha value is -1.54. The minimum atomic E-state index is -0.173. The molecule has 0 fully saturated rings. The molecular weight excluding hydrogens is 312 g/mol. The van der Waals surface area contributed by atoms with Gasteiger partial charge in [0.15, 0.2) is 5.01 Å². The van der Waals surface area contributed by atoms with E-state index in [-0.39, 0.29) is 12.5 Å². The monoisotopic (exact) mass is 326 g/mol. The van der Waals surface area contributed by atoms with Crippen molar-refractivity contribution in [3.63, 3.8) is 0 Å². The number of halogens is 1. The highest BCUT2D eigenvalue weighted by molar-refractivity contribution is 7.18. The normalized spacial score (nSPS) is 10.6. The molecular formula is C13H15ClN4O2S. The van der Waals surface area contributed by atoms with Crippen molar-refractivity contribution in [1.82, 2.24) is 15.5 Å². The molecule has 0 radical (unpaired) electrons. The molecule has 112 valence electrons. The van der Waals surface area contributed by atoms with Gasteiger partial charge in [0.25, 0.3) is 0 Å². The van der Waals surface area contributed by atoms with Gasteiger partial charge in [-0.1, -0.05) is 41.1 Å². The first kappa shape index (κ1) is 15.8. The Morgan fingerprint density at radius 2 is 2.19 bits per heavy atom. The van der Waals surface area contributed by atoms with E-state index in [1.807, 2.05) is 18.2 Å². The first-order valence-corrected chi connectivity index (χ1v) is 7.48. The number of methoxy groups -OCH3 is 1. The number of amides is 1. The zero-order valence-corrected chi connectivity index (χ0v) is 13.0. The third-order valence-corrected chi connectivity index (χ3v) is 3.75. The Labute approximate surface area is 131 Å².